The van der Waals surface area contributed by atoms with E-state index in [2.05, 4.69) is 87.0 Å². The number of aryl methyl sites for hydroxylation is 2. The monoisotopic (exact) mass is 770 g/mol. The normalized spacial score (nSPS) is 17.8. The molecule has 0 spiro atoms. The first-order valence-electron chi connectivity index (χ1n) is 18.7. The Bertz CT molecular complexity index is 2280. The number of anilines is 2. The Balaban J connectivity index is 1.59. The molecule has 1 heterocycles. The molecule has 0 amide bonds. The number of unbranched alkanes of at least 4 members (excludes halogenated alkanes) is 1. The first-order valence-corrected chi connectivity index (χ1v) is 21.5. The summed E-state index contributed by atoms with van der Waals surface area (Å²) < 4.78 is 67.8. The number of rotatable bonds is 13. The fourth-order valence-corrected chi connectivity index (χ4v) is 8.47. The van der Waals surface area contributed by atoms with E-state index in [1.165, 1.54) is 23.8 Å². The van der Waals surface area contributed by atoms with Crippen molar-refractivity contribution in [1.29, 1.82) is 0 Å². The van der Waals surface area contributed by atoms with Crippen molar-refractivity contribution in [3.05, 3.63) is 142 Å². The fraction of sp³-hybridized carbons (Fsp3) is 0.364. The summed E-state index contributed by atoms with van der Waals surface area (Å²) in [6.07, 6.45) is 14.0. The van der Waals surface area contributed by atoms with Crippen molar-refractivity contribution in [3.8, 4) is 0 Å². The summed E-state index contributed by atoms with van der Waals surface area (Å²) in [5, 5.41) is 3.74. The van der Waals surface area contributed by atoms with Crippen LogP contribution in [0.1, 0.15) is 95.9 Å². The maximum atomic E-state index is 12.1. The molecular formula is C44H54N2O6S2. The van der Waals surface area contributed by atoms with Gasteiger partial charge in [0.25, 0.3) is 20.2 Å². The smallest absolute Gasteiger partial charge is 0.294 e. The zero-order valence-electron chi connectivity index (χ0n) is 32.5. The van der Waals surface area contributed by atoms with Crippen molar-refractivity contribution >= 4 is 31.6 Å². The minimum atomic E-state index is -4.37. The third-order valence-electron chi connectivity index (χ3n) is 11.0. The molecule has 2 aliphatic rings. The lowest BCUT2D eigenvalue weighted by molar-refractivity contribution is 0.480. The first kappa shape index (κ1) is 41.0. The molecule has 0 aromatic heterocycles. The molecule has 0 bridgehead atoms. The Morgan fingerprint density at radius 1 is 0.926 bits per heavy atom. The number of fused-ring (bicyclic) bond motifs is 1. The van der Waals surface area contributed by atoms with Gasteiger partial charge in [-0.25, -0.2) is 0 Å². The molecule has 5 rings (SSSR count). The van der Waals surface area contributed by atoms with Crippen LogP contribution in [-0.2, 0) is 37.5 Å². The molecule has 0 radical (unpaired) electrons. The second-order valence-corrected chi connectivity index (χ2v) is 18.2. The van der Waals surface area contributed by atoms with Crippen molar-refractivity contribution in [2.75, 3.05) is 16.8 Å². The molecule has 54 heavy (non-hydrogen) atoms. The zero-order valence-corrected chi connectivity index (χ0v) is 34.2. The van der Waals surface area contributed by atoms with Gasteiger partial charge in [0, 0.05) is 40.1 Å². The third kappa shape index (κ3) is 8.68. The molecule has 0 fully saturated rings. The molecule has 8 nitrogen and oxygen atoms in total. The Labute approximate surface area is 322 Å². The van der Waals surface area contributed by atoms with Gasteiger partial charge in [0.2, 0.25) is 0 Å². The van der Waals surface area contributed by atoms with Gasteiger partial charge in [0.05, 0.1) is 9.79 Å². The molecule has 0 saturated carbocycles. The van der Waals surface area contributed by atoms with Gasteiger partial charge >= 0.3 is 0 Å². The summed E-state index contributed by atoms with van der Waals surface area (Å²) in [5.74, 6) is 0. The molecule has 3 aromatic carbocycles. The van der Waals surface area contributed by atoms with E-state index >= 15 is 0 Å². The van der Waals surface area contributed by atoms with E-state index in [1.54, 1.807) is 18.2 Å². The van der Waals surface area contributed by atoms with Crippen LogP contribution in [0.25, 0.3) is 0 Å². The Morgan fingerprint density at radius 3 is 2.20 bits per heavy atom. The molecule has 10 heteroatoms. The maximum absolute atomic E-state index is 12.1. The van der Waals surface area contributed by atoms with E-state index in [0.717, 1.165) is 101 Å². The van der Waals surface area contributed by atoms with Gasteiger partial charge in [-0.15, -0.1) is 0 Å². The highest BCUT2D eigenvalue weighted by Crippen LogP contribution is 2.49. The van der Waals surface area contributed by atoms with Gasteiger partial charge in [0.1, 0.15) is 0 Å². The molecule has 0 unspecified atom stereocenters. The number of hydrogen-bond acceptors (Lipinski definition) is 6. The van der Waals surface area contributed by atoms with Crippen LogP contribution in [0.4, 0.5) is 11.4 Å². The fourth-order valence-electron chi connectivity index (χ4n) is 7.46. The highest BCUT2D eigenvalue weighted by molar-refractivity contribution is 7.86. The number of nitrogens with zero attached hydrogens (tertiary/aromatic N) is 1. The zero-order chi connectivity index (χ0) is 39.6. The average molecular weight is 771 g/mol. The Morgan fingerprint density at radius 2 is 1.57 bits per heavy atom. The van der Waals surface area contributed by atoms with Gasteiger partial charge in [-0.2, -0.15) is 16.8 Å². The van der Waals surface area contributed by atoms with Crippen LogP contribution < -0.4 is 10.2 Å². The van der Waals surface area contributed by atoms with Crippen LogP contribution in [0.2, 0.25) is 0 Å². The SMILES string of the molecule is C=C(/C=C/C1=C(Nc2ccc(CC)cc2)C(=C/C=C2/N(CCCC)c3ccc(S(=O)(=O)O)cc3C2(C)C)/CCC1)C(C)(C)c1cc(S(=O)(=O)O)ccc1C. The van der Waals surface area contributed by atoms with Crippen LogP contribution >= 0.6 is 0 Å². The van der Waals surface area contributed by atoms with Crippen molar-refractivity contribution < 1.29 is 25.9 Å². The summed E-state index contributed by atoms with van der Waals surface area (Å²) in [5.41, 5.74) is 9.62. The van der Waals surface area contributed by atoms with E-state index in [9.17, 15) is 25.9 Å². The van der Waals surface area contributed by atoms with Crippen molar-refractivity contribution in [2.45, 2.75) is 108 Å². The minimum Gasteiger partial charge on any atom is -0.355 e. The first-order chi connectivity index (χ1) is 25.3. The van der Waals surface area contributed by atoms with Crippen molar-refractivity contribution in [1.82, 2.24) is 0 Å². The number of nitrogens with one attached hydrogen (secondary N) is 1. The van der Waals surface area contributed by atoms with Crippen molar-refractivity contribution in [2.24, 2.45) is 0 Å². The van der Waals surface area contributed by atoms with Gasteiger partial charge in [-0.3, -0.25) is 9.11 Å². The third-order valence-corrected chi connectivity index (χ3v) is 12.7. The molecule has 3 aromatic rings. The summed E-state index contributed by atoms with van der Waals surface area (Å²) in [4.78, 5) is 2.02. The second-order valence-electron chi connectivity index (χ2n) is 15.4. The topological polar surface area (TPSA) is 124 Å². The lowest BCUT2D eigenvalue weighted by Crippen LogP contribution is -2.27. The Hall–Kier alpha value is -4.22. The maximum Gasteiger partial charge on any atom is 0.294 e. The van der Waals surface area contributed by atoms with Gasteiger partial charge in [-0.05, 0) is 127 Å². The van der Waals surface area contributed by atoms with Crippen LogP contribution in [0.15, 0.2) is 129 Å². The average Bonchev–Trinajstić information content (AvgIpc) is 3.33. The number of allylic oxidation sites excluding steroid dienone is 8. The lowest BCUT2D eigenvalue weighted by atomic mass is 9.76. The largest absolute Gasteiger partial charge is 0.355 e. The number of hydrogen-bond donors (Lipinski definition) is 3. The van der Waals surface area contributed by atoms with Crippen LogP contribution in [0.3, 0.4) is 0 Å². The molecule has 0 saturated heterocycles. The van der Waals surface area contributed by atoms with E-state index in [4.69, 9.17) is 0 Å². The standard InChI is InChI=1S/C44H54N2O6S2/c1-9-11-27-46-40-25-24-37(54(50,51)52)29-39(40)44(7,8)41(46)26-20-34-14-12-13-33(42(34)45-35-21-17-32(10-2)18-22-35)19-16-31(4)43(5,6)38-28-36(53(47,48)49)23-15-30(38)3/h15-26,28-29,45H,4,9-14,27H2,1-3,5-8H3,(H,47,48,49)(H,50,51,52)/b19-16+,34-20+,41-26+. The second kappa shape index (κ2) is 15.9. The summed E-state index contributed by atoms with van der Waals surface area (Å²) in [6.45, 7) is 19.6. The van der Waals surface area contributed by atoms with Crippen LogP contribution in [-0.4, -0.2) is 32.5 Å². The van der Waals surface area contributed by atoms with E-state index < -0.39 is 31.1 Å². The highest BCUT2D eigenvalue weighted by atomic mass is 32.2. The van der Waals surface area contributed by atoms with E-state index in [0.29, 0.717) is 0 Å². The van der Waals surface area contributed by atoms with Gasteiger partial charge < -0.3 is 10.2 Å². The van der Waals surface area contributed by atoms with Gasteiger partial charge in [0.15, 0.2) is 0 Å². The lowest BCUT2D eigenvalue weighted by Gasteiger charge is -2.29. The molecular weight excluding hydrogens is 717 g/mol. The Kier molecular flexibility index (Phi) is 12.0. The molecule has 3 N–H and O–H groups in total. The van der Waals surface area contributed by atoms with Crippen LogP contribution in [0, 0.1) is 6.92 Å². The predicted octanol–water partition coefficient (Wildman–Crippen LogP) is 10.4. The minimum absolute atomic E-state index is 0.109. The quantitative estimate of drug-likeness (QED) is 0.116. The van der Waals surface area contributed by atoms with E-state index in [-0.39, 0.29) is 9.79 Å². The predicted molar refractivity (Wildman–Crippen MR) is 220 cm³/mol. The molecule has 1 aliphatic carbocycles. The molecule has 0 atom stereocenters. The summed E-state index contributed by atoms with van der Waals surface area (Å²) in [7, 11) is -8.73. The molecule has 288 valence electrons. The van der Waals surface area contributed by atoms with E-state index in [1.807, 2.05) is 26.8 Å². The van der Waals surface area contributed by atoms with Crippen molar-refractivity contribution in [3.63, 3.8) is 0 Å². The van der Waals surface area contributed by atoms with Gasteiger partial charge in [-0.1, -0.05) is 91.0 Å². The summed E-state index contributed by atoms with van der Waals surface area (Å²) in [6, 6.07) is 18.0. The summed E-state index contributed by atoms with van der Waals surface area (Å²) >= 11 is 0. The van der Waals surface area contributed by atoms with Crippen LogP contribution in [0.5, 0.6) is 0 Å². The molecule has 1 aliphatic heterocycles. The number of benzene rings is 3. The highest BCUT2D eigenvalue weighted by Gasteiger charge is 2.40.